The smallest absolute Gasteiger partial charge is 0.338 e. The highest BCUT2D eigenvalue weighted by Gasteiger charge is 2.15. The zero-order chi connectivity index (χ0) is 23.0. The van der Waals surface area contributed by atoms with E-state index in [1.807, 2.05) is 6.07 Å². The highest BCUT2D eigenvalue weighted by atomic mass is 32.2. The van der Waals surface area contributed by atoms with E-state index in [0.29, 0.717) is 22.3 Å². The lowest BCUT2D eigenvalue weighted by molar-refractivity contribution is 0.0472. The van der Waals surface area contributed by atoms with Gasteiger partial charge in [-0.05, 0) is 47.9 Å². The summed E-state index contributed by atoms with van der Waals surface area (Å²) >= 11 is 0. The van der Waals surface area contributed by atoms with Crippen LogP contribution in [0.5, 0.6) is 0 Å². The molecule has 0 saturated carbocycles. The van der Waals surface area contributed by atoms with Crippen molar-refractivity contribution in [3.05, 3.63) is 107 Å². The molecule has 166 valence electrons. The lowest BCUT2D eigenvalue weighted by Crippen LogP contribution is -2.09. The third-order valence-electron chi connectivity index (χ3n) is 4.61. The zero-order valence-electron chi connectivity index (χ0n) is 17.7. The molecule has 32 heavy (non-hydrogen) atoms. The molecule has 0 aliphatic heterocycles. The molecule has 0 spiro atoms. The van der Waals surface area contributed by atoms with Gasteiger partial charge >= 0.3 is 11.9 Å². The van der Waals surface area contributed by atoms with Gasteiger partial charge in [0.15, 0.2) is 9.84 Å². The van der Waals surface area contributed by atoms with Crippen molar-refractivity contribution in [1.29, 1.82) is 0 Å². The molecule has 7 heteroatoms. The summed E-state index contributed by atoms with van der Waals surface area (Å²) in [5.41, 5.74) is 2.70. The topological polar surface area (TPSA) is 86.7 Å². The van der Waals surface area contributed by atoms with Crippen molar-refractivity contribution >= 4 is 21.8 Å². The lowest BCUT2D eigenvalue weighted by Gasteiger charge is -2.08. The second-order valence-corrected chi connectivity index (χ2v) is 9.28. The standard InChI is InChI=1S/C25H24O6S/c1-2-30-25(27)23-10-6-9-21(15-23)16-31-24(26)22-13-11-20(12-14-22)18-32(28,29)17-19-7-4-3-5-8-19/h3-15H,2,16-18H2,1H3. The van der Waals surface area contributed by atoms with Crippen LogP contribution in [0.3, 0.4) is 0 Å². The third kappa shape index (κ3) is 6.78. The molecular formula is C25H24O6S. The first-order valence-electron chi connectivity index (χ1n) is 10.1. The van der Waals surface area contributed by atoms with E-state index in [4.69, 9.17) is 9.47 Å². The first-order valence-corrected chi connectivity index (χ1v) is 11.9. The van der Waals surface area contributed by atoms with Crippen LogP contribution in [-0.2, 0) is 37.4 Å². The van der Waals surface area contributed by atoms with Crippen molar-refractivity contribution in [1.82, 2.24) is 0 Å². The van der Waals surface area contributed by atoms with E-state index in [1.165, 1.54) is 0 Å². The molecule has 0 aliphatic carbocycles. The van der Waals surface area contributed by atoms with Crippen LogP contribution in [0.4, 0.5) is 0 Å². The van der Waals surface area contributed by atoms with E-state index in [1.54, 1.807) is 79.7 Å². The molecule has 0 radical (unpaired) electrons. The third-order valence-corrected chi connectivity index (χ3v) is 6.16. The maximum absolute atomic E-state index is 12.4. The summed E-state index contributed by atoms with van der Waals surface area (Å²) in [4.78, 5) is 24.2. The van der Waals surface area contributed by atoms with Gasteiger partial charge in [-0.25, -0.2) is 18.0 Å². The Hall–Kier alpha value is -3.45. The normalized spacial score (nSPS) is 11.0. The molecule has 3 aromatic carbocycles. The molecule has 0 unspecified atom stereocenters. The van der Waals surface area contributed by atoms with Crippen molar-refractivity contribution in [3.63, 3.8) is 0 Å². The predicted molar refractivity (Wildman–Crippen MR) is 121 cm³/mol. The first-order chi connectivity index (χ1) is 15.4. The molecular weight excluding hydrogens is 428 g/mol. The molecule has 3 aromatic rings. The minimum atomic E-state index is -3.34. The van der Waals surface area contributed by atoms with Crippen molar-refractivity contribution in [3.8, 4) is 0 Å². The SMILES string of the molecule is CCOC(=O)c1cccc(COC(=O)c2ccc(CS(=O)(=O)Cc3ccccc3)cc2)c1. The number of carbonyl (C=O) groups is 2. The van der Waals surface area contributed by atoms with Gasteiger partial charge in [-0.15, -0.1) is 0 Å². The highest BCUT2D eigenvalue weighted by Crippen LogP contribution is 2.15. The van der Waals surface area contributed by atoms with Crippen LogP contribution >= 0.6 is 0 Å². The average molecular weight is 453 g/mol. The molecule has 0 aromatic heterocycles. The maximum atomic E-state index is 12.4. The maximum Gasteiger partial charge on any atom is 0.338 e. The fraction of sp³-hybridized carbons (Fsp3) is 0.200. The van der Waals surface area contributed by atoms with Gasteiger partial charge in [0.25, 0.3) is 0 Å². The van der Waals surface area contributed by atoms with E-state index >= 15 is 0 Å². The quantitative estimate of drug-likeness (QED) is 0.449. The van der Waals surface area contributed by atoms with Crippen molar-refractivity contribution < 1.29 is 27.5 Å². The summed E-state index contributed by atoms with van der Waals surface area (Å²) < 4.78 is 35.2. The van der Waals surface area contributed by atoms with E-state index in [0.717, 1.165) is 5.56 Å². The summed E-state index contributed by atoms with van der Waals surface area (Å²) in [5.74, 6) is -1.12. The van der Waals surface area contributed by atoms with Crippen molar-refractivity contribution in [2.75, 3.05) is 6.61 Å². The average Bonchev–Trinajstić information content (AvgIpc) is 2.78. The van der Waals surface area contributed by atoms with Crippen molar-refractivity contribution in [2.45, 2.75) is 25.0 Å². The number of ether oxygens (including phenoxy) is 2. The van der Waals surface area contributed by atoms with Gasteiger partial charge in [-0.2, -0.15) is 0 Å². The number of hydrogen-bond acceptors (Lipinski definition) is 6. The number of carbonyl (C=O) groups excluding carboxylic acids is 2. The Morgan fingerprint density at radius 3 is 1.94 bits per heavy atom. The second-order valence-electron chi connectivity index (χ2n) is 7.21. The van der Waals surface area contributed by atoms with Crippen LogP contribution in [0.25, 0.3) is 0 Å². The summed E-state index contributed by atoms with van der Waals surface area (Å²) in [7, 11) is -3.34. The Morgan fingerprint density at radius 2 is 1.28 bits per heavy atom. The molecule has 0 bridgehead atoms. The number of rotatable bonds is 9. The van der Waals surface area contributed by atoms with Gasteiger partial charge in [0.05, 0.1) is 29.2 Å². The van der Waals surface area contributed by atoms with Gasteiger partial charge in [0.1, 0.15) is 6.61 Å². The fourth-order valence-electron chi connectivity index (χ4n) is 3.10. The molecule has 0 atom stereocenters. The highest BCUT2D eigenvalue weighted by molar-refractivity contribution is 7.89. The van der Waals surface area contributed by atoms with Gasteiger partial charge in [-0.3, -0.25) is 0 Å². The van der Waals surface area contributed by atoms with Gasteiger partial charge in [-0.1, -0.05) is 54.6 Å². The lowest BCUT2D eigenvalue weighted by atomic mass is 10.1. The molecule has 0 N–H and O–H groups in total. The number of esters is 2. The Labute approximate surface area is 187 Å². The number of sulfone groups is 1. The first kappa shape index (κ1) is 23.2. The Morgan fingerprint density at radius 1 is 0.688 bits per heavy atom. The van der Waals surface area contributed by atoms with Crippen LogP contribution in [0.2, 0.25) is 0 Å². The van der Waals surface area contributed by atoms with Crippen LogP contribution in [0.1, 0.15) is 44.3 Å². The van der Waals surface area contributed by atoms with E-state index in [-0.39, 0.29) is 24.7 Å². The predicted octanol–water partition coefficient (Wildman–Crippen LogP) is 4.34. The van der Waals surface area contributed by atoms with Crippen LogP contribution in [-0.4, -0.2) is 27.0 Å². The van der Waals surface area contributed by atoms with Gasteiger partial charge in [0, 0.05) is 0 Å². The second kappa shape index (κ2) is 10.7. The van der Waals surface area contributed by atoms with E-state index < -0.39 is 21.8 Å². The molecule has 0 amide bonds. The van der Waals surface area contributed by atoms with Crippen molar-refractivity contribution in [2.24, 2.45) is 0 Å². The molecule has 0 aliphatic rings. The molecule has 0 saturated heterocycles. The van der Waals surface area contributed by atoms with Crippen LogP contribution in [0, 0.1) is 0 Å². The number of benzene rings is 3. The molecule has 6 nitrogen and oxygen atoms in total. The monoisotopic (exact) mass is 452 g/mol. The summed E-state index contributed by atoms with van der Waals surface area (Å²) in [6.45, 7) is 2.01. The molecule has 3 rings (SSSR count). The van der Waals surface area contributed by atoms with E-state index in [2.05, 4.69) is 0 Å². The Bertz CT molecular complexity index is 1170. The Kier molecular flexibility index (Phi) is 7.78. The summed E-state index contributed by atoms with van der Waals surface area (Å²) in [6.07, 6.45) is 0. The number of hydrogen-bond donors (Lipinski definition) is 0. The molecule has 0 heterocycles. The van der Waals surface area contributed by atoms with Gasteiger partial charge in [0.2, 0.25) is 0 Å². The van der Waals surface area contributed by atoms with E-state index in [9.17, 15) is 18.0 Å². The van der Waals surface area contributed by atoms with Crippen LogP contribution in [0.15, 0.2) is 78.9 Å². The Balaban J connectivity index is 1.57. The largest absolute Gasteiger partial charge is 0.462 e. The minimum absolute atomic E-state index is 0.000710. The summed E-state index contributed by atoms with van der Waals surface area (Å²) in [5, 5.41) is 0. The minimum Gasteiger partial charge on any atom is -0.462 e. The summed E-state index contributed by atoms with van der Waals surface area (Å²) in [6, 6.07) is 22.0. The molecule has 0 fully saturated rings. The van der Waals surface area contributed by atoms with Gasteiger partial charge < -0.3 is 9.47 Å². The van der Waals surface area contributed by atoms with Crippen LogP contribution < -0.4 is 0 Å². The fourth-order valence-corrected chi connectivity index (χ4v) is 4.61. The zero-order valence-corrected chi connectivity index (χ0v) is 18.5.